The summed E-state index contributed by atoms with van der Waals surface area (Å²) >= 11 is 5.70. The summed E-state index contributed by atoms with van der Waals surface area (Å²) in [6.45, 7) is 2.11. The van der Waals surface area contributed by atoms with Gasteiger partial charge in [0.2, 0.25) is 0 Å². The van der Waals surface area contributed by atoms with E-state index in [0.717, 1.165) is 44.5 Å². The quantitative estimate of drug-likeness (QED) is 0.797. The van der Waals surface area contributed by atoms with Crippen LogP contribution in [-0.4, -0.2) is 31.5 Å². The second kappa shape index (κ2) is 6.51. The summed E-state index contributed by atoms with van der Waals surface area (Å²) in [6.07, 6.45) is 3.36. The molecule has 0 radical (unpaired) electrons. The van der Waals surface area contributed by atoms with Crippen LogP contribution in [0.25, 0.3) is 0 Å². The lowest BCUT2D eigenvalue weighted by atomic mass is 9.85. The van der Waals surface area contributed by atoms with E-state index in [1.807, 2.05) is 0 Å². The van der Waals surface area contributed by atoms with Gasteiger partial charge in [-0.05, 0) is 30.5 Å². The number of halogens is 2. The lowest BCUT2D eigenvalue weighted by molar-refractivity contribution is -0.155. The molecule has 2 aliphatic rings. The fourth-order valence-corrected chi connectivity index (χ4v) is 3.24. The van der Waals surface area contributed by atoms with Crippen LogP contribution in [0.15, 0.2) is 18.2 Å². The Balaban J connectivity index is 1.67. The molecule has 1 atom stereocenters. The molecule has 0 aliphatic carbocycles. The number of rotatable bonds is 3. The maximum atomic E-state index is 14.0. The van der Waals surface area contributed by atoms with Crippen molar-refractivity contribution < 1.29 is 18.6 Å². The highest BCUT2D eigenvalue weighted by molar-refractivity contribution is 6.17. The van der Waals surface area contributed by atoms with Crippen molar-refractivity contribution in [3.8, 4) is 5.75 Å². The molecule has 0 aromatic heterocycles. The molecule has 0 N–H and O–H groups in total. The van der Waals surface area contributed by atoms with E-state index in [1.165, 1.54) is 6.07 Å². The van der Waals surface area contributed by atoms with Gasteiger partial charge in [0, 0.05) is 31.9 Å². The summed E-state index contributed by atoms with van der Waals surface area (Å²) in [6, 6.07) is 4.90. The summed E-state index contributed by atoms with van der Waals surface area (Å²) < 4.78 is 31.2. The molecule has 21 heavy (non-hydrogen) atoms. The molecule has 2 aliphatic heterocycles. The Kier molecular flexibility index (Phi) is 4.67. The van der Waals surface area contributed by atoms with Crippen molar-refractivity contribution in [2.45, 2.75) is 43.3 Å². The minimum Gasteiger partial charge on any atom is -0.487 e. The maximum Gasteiger partial charge on any atom is 0.165 e. The largest absolute Gasteiger partial charge is 0.487 e. The molecule has 3 rings (SSSR count). The second-order valence-electron chi connectivity index (χ2n) is 5.77. The van der Waals surface area contributed by atoms with Crippen LogP contribution in [0.1, 0.15) is 31.2 Å². The van der Waals surface area contributed by atoms with Crippen molar-refractivity contribution in [1.29, 1.82) is 0 Å². The summed E-state index contributed by atoms with van der Waals surface area (Å²) in [4.78, 5) is 0. The van der Waals surface area contributed by atoms with Crippen LogP contribution in [0.4, 0.5) is 4.39 Å². The zero-order valence-corrected chi connectivity index (χ0v) is 12.7. The standard InChI is InChI=1S/C16H20ClFO3/c17-11-12-1-2-15(14(18)9-12)21-13-3-6-20-16(10-13)4-7-19-8-5-16/h1-2,9,13H,3-8,10-11H2. The monoisotopic (exact) mass is 314 g/mol. The molecule has 2 heterocycles. The van der Waals surface area contributed by atoms with Gasteiger partial charge in [0.15, 0.2) is 11.6 Å². The molecule has 2 fully saturated rings. The molecule has 1 aromatic carbocycles. The minimum absolute atomic E-state index is 0.00629. The van der Waals surface area contributed by atoms with E-state index in [4.69, 9.17) is 25.8 Å². The first-order valence-corrected chi connectivity index (χ1v) is 7.97. The first kappa shape index (κ1) is 15.1. The van der Waals surface area contributed by atoms with Crippen LogP contribution in [0.5, 0.6) is 5.75 Å². The minimum atomic E-state index is -0.347. The highest BCUT2D eigenvalue weighted by atomic mass is 35.5. The first-order valence-electron chi connectivity index (χ1n) is 7.43. The molecule has 116 valence electrons. The summed E-state index contributed by atoms with van der Waals surface area (Å²) in [5.74, 6) is 0.260. The normalized spacial score (nSPS) is 25.0. The molecule has 0 bridgehead atoms. The number of alkyl halides is 1. The highest BCUT2D eigenvalue weighted by Gasteiger charge is 2.40. The number of hydrogen-bond acceptors (Lipinski definition) is 3. The summed E-state index contributed by atoms with van der Waals surface area (Å²) in [5, 5.41) is 0. The molecule has 0 saturated carbocycles. The Hall–Kier alpha value is -0.840. The van der Waals surface area contributed by atoms with E-state index in [2.05, 4.69) is 0 Å². The van der Waals surface area contributed by atoms with Crippen LogP contribution in [-0.2, 0) is 15.4 Å². The molecule has 0 amide bonds. The van der Waals surface area contributed by atoms with Gasteiger partial charge in [0.1, 0.15) is 6.10 Å². The van der Waals surface area contributed by atoms with Gasteiger partial charge in [-0.1, -0.05) is 6.07 Å². The zero-order valence-electron chi connectivity index (χ0n) is 11.9. The van der Waals surface area contributed by atoms with Crippen LogP contribution in [0.3, 0.4) is 0 Å². The van der Waals surface area contributed by atoms with Crippen molar-refractivity contribution in [2.24, 2.45) is 0 Å². The van der Waals surface area contributed by atoms with Crippen molar-refractivity contribution in [3.63, 3.8) is 0 Å². The molecule has 1 spiro atoms. The van der Waals surface area contributed by atoms with Gasteiger partial charge < -0.3 is 14.2 Å². The van der Waals surface area contributed by atoms with Gasteiger partial charge in [-0.15, -0.1) is 11.6 Å². The summed E-state index contributed by atoms with van der Waals surface area (Å²) in [5.41, 5.74) is 0.614. The van der Waals surface area contributed by atoms with Crippen molar-refractivity contribution in [1.82, 2.24) is 0 Å². The molecular formula is C16H20ClFO3. The average molecular weight is 315 g/mol. The zero-order chi connectivity index (χ0) is 14.7. The number of hydrogen-bond donors (Lipinski definition) is 0. The lowest BCUT2D eigenvalue weighted by Crippen LogP contribution is -2.47. The molecule has 2 saturated heterocycles. The third-order valence-corrected chi connectivity index (χ3v) is 4.60. The second-order valence-corrected chi connectivity index (χ2v) is 6.04. The van der Waals surface area contributed by atoms with Crippen LogP contribution >= 0.6 is 11.6 Å². The molecule has 1 unspecified atom stereocenters. The van der Waals surface area contributed by atoms with Crippen molar-refractivity contribution >= 4 is 11.6 Å². The van der Waals surface area contributed by atoms with E-state index in [0.29, 0.717) is 18.2 Å². The van der Waals surface area contributed by atoms with E-state index in [9.17, 15) is 4.39 Å². The predicted octanol–water partition coefficient (Wildman–Crippen LogP) is 3.67. The summed E-state index contributed by atoms with van der Waals surface area (Å²) in [7, 11) is 0. The van der Waals surface area contributed by atoms with Gasteiger partial charge >= 0.3 is 0 Å². The van der Waals surface area contributed by atoms with Gasteiger partial charge in [-0.25, -0.2) is 4.39 Å². The van der Waals surface area contributed by atoms with Gasteiger partial charge in [-0.3, -0.25) is 0 Å². The Morgan fingerprint density at radius 1 is 1.29 bits per heavy atom. The smallest absolute Gasteiger partial charge is 0.165 e. The third-order valence-electron chi connectivity index (χ3n) is 4.30. The Morgan fingerprint density at radius 3 is 2.81 bits per heavy atom. The Bertz CT molecular complexity index is 483. The van der Waals surface area contributed by atoms with Crippen LogP contribution in [0, 0.1) is 5.82 Å². The lowest BCUT2D eigenvalue weighted by Gasteiger charge is -2.43. The van der Waals surface area contributed by atoms with Gasteiger partial charge in [0.05, 0.1) is 12.2 Å². The highest BCUT2D eigenvalue weighted by Crippen LogP contribution is 2.36. The van der Waals surface area contributed by atoms with E-state index in [1.54, 1.807) is 12.1 Å². The topological polar surface area (TPSA) is 27.7 Å². The van der Waals surface area contributed by atoms with Crippen molar-refractivity contribution in [2.75, 3.05) is 19.8 Å². The average Bonchev–Trinajstić information content (AvgIpc) is 2.50. The molecule has 5 heteroatoms. The van der Waals surface area contributed by atoms with Crippen molar-refractivity contribution in [3.05, 3.63) is 29.6 Å². The number of ether oxygens (including phenoxy) is 3. The SMILES string of the molecule is Fc1cc(CCl)ccc1OC1CCOC2(CCOCC2)C1. The van der Waals surface area contributed by atoms with Crippen LogP contribution in [0.2, 0.25) is 0 Å². The van der Waals surface area contributed by atoms with Crippen LogP contribution < -0.4 is 4.74 Å². The van der Waals surface area contributed by atoms with E-state index < -0.39 is 0 Å². The predicted molar refractivity (Wildman–Crippen MR) is 78.3 cm³/mol. The third kappa shape index (κ3) is 3.50. The Morgan fingerprint density at radius 2 is 2.10 bits per heavy atom. The maximum absolute atomic E-state index is 14.0. The van der Waals surface area contributed by atoms with E-state index in [-0.39, 0.29) is 17.5 Å². The van der Waals surface area contributed by atoms with Gasteiger partial charge in [0.25, 0.3) is 0 Å². The molecular weight excluding hydrogens is 295 g/mol. The molecule has 3 nitrogen and oxygen atoms in total. The van der Waals surface area contributed by atoms with E-state index >= 15 is 0 Å². The molecule has 1 aromatic rings. The fourth-order valence-electron chi connectivity index (χ4n) is 3.08. The number of benzene rings is 1. The van der Waals surface area contributed by atoms with Gasteiger partial charge in [-0.2, -0.15) is 0 Å². The first-order chi connectivity index (χ1) is 10.2. The fraction of sp³-hybridized carbons (Fsp3) is 0.625. The Labute approximate surface area is 129 Å².